The van der Waals surface area contributed by atoms with Gasteiger partial charge < -0.3 is 14.5 Å². The van der Waals surface area contributed by atoms with Crippen LogP contribution in [0.15, 0.2) is 42.2 Å². The Bertz CT molecular complexity index is 703. The van der Waals surface area contributed by atoms with E-state index in [0.29, 0.717) is 18.1 Å². The Kier molecular flexibility index (Phi) is 8.70. The van der Waals surface area contributed by atoms with Crippen LogP contribution in [0.1, 0.15) is 32.3 Å². The summed E-state index contributed by atoms with van der Waals surface area (Å²) in [7, 11) is 5.77. The van der Waals surface area contributed by atoms with E-state index >= 15 is 0 Å². The summed E-state index contributed by atoms with van der Waals surface area (Å²) in [5.41, 5.74) is 1.02. The SMILES string of the molecule is C/C=C(/C)OC(=O)N(C)[C@H](Cc1ccccc1)C(=O)N1CCC[C@@H](CN(C)C)C1. The largest absolute Gasteiger partial charge is 0.415 e. The fourth-order valence-electron chi connectivity index (χ4n) is 3.76. The molecule has 160 valence electrons. The second-order valence-electron chi connectivity index (χ2n) is 8.14. The molecule has 0 aromatic heterocycles. The van der Waals surface area contributed by atoms with Gasteiger partial charge in [-0.05, 0) is 58.3 Å². The van der Waals surface area contributed by atoms with Gasteiger partial charge in [0.05, 0.1) is 0 Å². The van der Waals surface area contributed by atoms with Gasteiger partial charge in [-0.1, -0.05) is 30.3 Å². The van der Waals surface area contributed by atoms with Crippen molar-refractivity contribution in [1.82, 2.24) is 14.7 Å². The first-order chi connectivity index (χ1) is 13.8. The van der Waals surface area contributed by atoms with Crippen LogP contribution in [0.5, 0.6) is 0 Å². The van der Waals surface area contributed by atoms with Gasteiger partial charge in [0.2, 0.25) is 5.91 Å². The molecule has 2 rings (SSSR count). The minimum Gasteiger partial charge on any atom is -0.415 e. The number of ether oxygens (including phenoxy) is 1. The van der Waals surface area contributed by atoms with Crippen LogP contribution in [0, 0.1) is 5.92 Å². The van der Waals surface area contributed by atoms with E-state index in [4.69, 9.17) is 4.74 Å². The van der Waals surface area contributed by atoms with Crippen LogP contribution in [0.25, 0.3) is 0 Å². The molecule has 1 heterocycles. The summed E-state index contributed by atoms with van der Waals surface area (Å²) < 4.78 is 5.36. The van der Waals surface area contributed by atoms with Crippen molar-refractivity contribution in [3.63, 3.8) is 0 Å². The molecule has 1 aliphatic heterocycles. The molecule has 2 amide bonds. The minimum absolute atomic E-state index is 0.00473. The molecular weight excluding hydrogens is 366 g/mol. The van der Waals surface area contributed by atoms with Gasteiger partial charge in [0.15, 0.2) is 0 Å². The summed E-state index contributed by atoms with van der Waals surface area (Å²) in [6.45, 7) is 5.99. The van der Waals surface area contributed by atoms with Gasteiger partial charge in [-0.3, -0.25) is 9.69 Å². The molecule has 1 saturated heterocycles. The zero-order valence-corrected chi connectivity index (χ0v) is 18.4. The van der Waals surface area contributed by atoms with Crippen molar-refractivity contribution >= 4 is 12.0 Å². The molecule has 6 heteroatoms. The van der Waals surface area contributed by atoms with Crippen LogP contribution in [0.2, 0.25) is 0 Å². The first kappa shape index (κ1) is 22.9. The molecule has 6 nitrogen and oxygen atoms in total. The fourth-order valence-corrected chi connectivity index (χ4v) is 3.76. The zero-order valence-electron chi connectivity index (χ0n) is 18.4. The van der Waals surface area contributed by atoms with E-state index in [0.717, 1.165) is 38.0 Å². The highest BCUT2D eigenvalue weighted by Gasteiger charge is 2.34. The van der Waals surface area contributed by atoms with Crippen molar-refractivity contribution in [3.8, 4) is 0 Å². The predicted octanol–water partition coefficient (Wildman–Crippen LogP) is 3.39. The zero-order chi connectivity index (χ0) is 21.4. The number of allylic oxidation sites excluding steroid dienone is 2. The minimum atomic E-state index is -0.590. The third kappa shape index (κ3) is 6.89. The predicted molar refractivity (Wildman–Crippen MR) is 115 cm³/mol. The molecule has 0 bridgehead atoms. The van der Waals surface area contributed by atoms with Gasteiger partial charge in [-0.15, -0.1) is 0 Å². The lowest BCUT2D eigenvalue weighted by molar-refractivity contribution is -0.138. The molecule has 29 heavy (non-hydrogen) atoms. The molecule has 0 saturated carbocycles. The lowest BCUT2D eigenvalue weighted by Crippen LogP contribution is -2.53. The Morgan fingerprint density at radius 3 is 2.55 bits per heavy atom. The van der Waals surface area contributed by atoms with Gasteiger partial charge >= 0.3 is 6.09 Å². The maximum absolute atomic E-state index is 13.5. The van der Waals surface area contributed by atoms with E-state index in [1.54, 1.807) is 20.0 Å². The number of carbonyl (C=O) groups excluding carboxylic acids is 2. The topological polar surface area (TPSA) is 53.1 Å². The number of piperidine rings is 1. The third-order valence-corrected chi connectivity index (χ3v) is 5.42. The lowest BCUT2D eigenvalue weighted by atomic mass is 9.96. The van der Waals surface area contributed by atoms with Crippen LogP contribution in [-0.4, -0.2) is 73.5 Å². The number of carbonyl (C=O) groups is 2. The van der Waals surface area contributed by atoms with E-state index in [1.807, 2.05) is 42.2 Å². The Balaban J connectivity index is 2.19. The summed E-state index contributed by atoms with van der Waals surface area (Å²) in [5.74, 6) is 0.981. The smallest absolute Gasteiger partial charge is 0.415 e. The summed E-state index contributed by atoms with van der Waals surface area (Å²) in [4.78, 5) is 31.7. The molecule has 0 spiro atoms. The number of rotatable bonds is 7. The van der Waals surface area contributed by atoms with Crippen LogP contribution >= 0.6 is 0 Å². The highest BCUT2D eigenvalue weighted by molar-refractivity contribution is 5.86. The maximum Gasteiger partial charge on any atom is 0.415 e. The van der Waals surface area contributed by atoms with Crippen molar-refractivity contribution in [2.75, 3.05) is 40.8 Å². The quantitative estimate of drug-likeness (QED) is 0.657. The number of benzene rings is 1. The van der Waals surface area contributed by atoms with Crippen molar-refractivity contribution in [1.29, 1.82) is 0 Å². The van der Waals surface area contributed by atoms with E-state index in [2.05, 4.69) is 19.0 Å². The van der Waals surface area contributed by atoms with E-state index in [1.165, 1.54) is 4.90 Å². The molecular formula is C23H35N3O3. The number of likely N-dealkylation sites (tertiary alicyclic amines) is 1. The normalized spacial score (nSPS) is 18.5. The average Bonchev–Trinajstić information content (AvgIpc) is 2.71. The first-order valence-corrected chi connectivity index (χ1v) is 10.4. The Morgan fingerprint density at radius 1 is 1.24 bits per heavy atom. The fraction of sp³-hybridized carbons (Fsp3) is 0.565. The second-order valence-corrected chi connectivity index (χ2v) is 8.14. The molecule has 0 N–H and O–H groups in total. The number of likely N-dealkylation sites (N-methyl/N-ethyl adjacent to an activating group) is 1. The van der Waals surface area contributed by atoms with Crippen molar-refractivity contribution in [3.05, 3.63) is 47.7 Å². The van der Waals surface area contributed by atoms with Crippen LogP contribution in [-0.2, 0) is 16.0 Å². The average molecular weight is 402 g/mol. The van der Waals surface area contributed by atoms with Gasteiger partial charge in [-0.25, -0.2) is 4.79 Å². The van der Waals surface area contributed by atoms with Crippen LogP contribution in [0.3, 0.4) is 0 Å². The van der Waals surface area contributed by atoms with Crippen molar-refractivity contribution < 1.29 is 14.3 Å². The standard InChI is InChI=1S/C23H35N3O3/c1-6-18(2)29-23(28)25(5)21(15-19-11-8-7-9-12-19)22(27)26-14-10-13-20(17-26)16-24(3)4/h6-9,11-12,20-21H,10,13-17H2,1-5H3/b18-6-/t20-,21+/m0/s1. The molecule has 1 fully saturated rings. The van der Waals surface area contributed by atoms with Gasteiger partial charge in [0.1, 0.15) is 11.8 Å². The molecule has 1 aromatic carbocycles. The monoisotopic (exact) mass is 401 g/mol. The van der Waals surface area contributed by atoms with Gasteiger partial charge in [0.25, 0.3) is 0 Å². The lowest BCUT2D eigenvalue weighted by Gasteiger charge is -2.38. The Morgan fingerprint density at radius 2 is 1.93 bits per heavy atom. The summed E-state index contributed by atoms with van der Waals surface area (Å²) in [6.07, 6.45) is 3.82. The number of hydrogen-bond acceptors (Lipinski definition) is 4. The van der Waals surface area contributed by atoms with Gasteiger partial charge in [0, 0.05) is 33.1 Å². The summed E-state index contributed by atoms with van der Waals surface area (Å²) in [6, 6.07) is 9.24. The molecule has 1 aromatic rings. The van der Waals surface area contributed by atoms with Crippen LogP contribution in [0.4, 0.5) is 4.79 Å². The number of hydrogen-bond donors (Lipinski definition) is 0. The summed E-state index contributed by atoms with van der Waals surface area (Å²) in [5, 5.41) is 0. The highest BCUT2D eigenvalue weighted by atomic mass is 16.6. The van der Waals surface area contributed by atoms with Gasteiger partial charge in [-0.2, -0.15) is 0 Å². The van der Waals surface area contributed by atoms with E-state index in [-0.39, 0.29) is 5.91 Å². The van der Waals surface area contributed by atoms with Crippen LogP contribution < -0.4 is 0 Å². The number of amides is 2. The summed E-state index contributed by atoms with van der Waals surface area (Å²) >= 11 is 0. The van der Waals surface area contributed by atoms with E-state index in [9.17, 15) is 9.59 Å². The van der Waals surface area contributed by atoms with Crippen molar-refractivity contribution in [2.45, 2.75) is 39.2 Å². The Labute approximate surface area is 175 Å². The third-order valence-electron chi connectivity index (χ3n) is 5.42. The molecule has 1 aliphatic rings. The molecule has 0 aliphatic carbocycles. The van der Waals surface area contributed by atoms with E-state index < -0.39 is 12.1 Å². The Hall–Kier alpha value is -2.34. The first-order valence-electron chi connectivity index (χ1n) is 10.4. The maximum atomic E-state index is 13.5. The second kappa shape index (κ2) is 11.0. The highest BCUT2D eigenvalue weighted by Crippen LogP contribution is 2.20. The molecule has 0 radical (unpaired) electrons. The molecule has 2 atom stereocenters. The van der Waals surface area contributed by atoms with Crippen molar-refractivity contribution in [2.24, 2.45) is 5.92 Å². The molecule has 0 unspecified atom stereocenters. The number of nitrogens with zero attached hydrogens (tertiary/aromatic N) is 3.